The van der Waals surface area contributed by atoms with Crippen LogP contribution < -0.4 is 9.64 Å². The van der Waals surface area contributed by atoms with Gasteiger partial charge in [0.25, 0.3) is 0 Å². The predicted octanol–water partition coefficient (Wildman–Crippen LogP) is 6.35. The molecule has 0 saturated carbocycles. The Bertz CT molecular complexity index is 934. The molecule has 1 heterocycles. The van der Waals surface area contributed by atoms with Crippen molar-refractivity contribution < 1.29 is 4.74 Å². The third-order valence-electron chi connectivity index (χ3n) is 4.39. The number of hydrogen-bond acceptors (Lipinski definition) is 3. The van der Waals surface area contributed by atoms with Gasteiger partial charge in [-0.05, 0) is 71.4 Å². The zero-order chi connectivity index (χ0) is 21.4. The van der Waals surface area contributed by atoms with Gasteiger partial charge in [0.05, 0.1) is 18.2 Å². The second-order valence-electron chi connectivity index (χ2n) is 9.30. The molecule has 1 aliphatic heterocycles. The molecule has 1 aliphatic rings. The van der Waals surface area contributed by atoms with Crippen LogP contribution in [-0.4, -0.2) is 29.7 Å². The molecule has 5 heteroatoms. The van der Waals surface area contributed by atoms with E-state index in [1.807, 2.05) is 30.3 Å². The molecule has 29 heavy (non-hydrogen) atoms. The lowest BCUT2D eigenvalue weighted by Crippen LogP contribution is -2.57. The monoisotopic (exact) mass is 411 g/mol. The molecule has 1 unspecified atom stereocenters. The minimum absolute atomic E-state index is 0.0281. The van der Waals surface area contributed by atoms with Gasteiger partial charge in [-0.2, -0.15) is 0 Å². The molecular weight excluding hydrogens is 382 g/mol. The van der Waals surface area contributed by atoms with Gasteiger partial charge in [-0.15, -0.1) is 0 Å². The summed E-state index contributed by atoms with van der Waals surface area (Å²) < 4.78 is 5.46. The van der Waals surface area contributed by atoms with Crippen molar-refractivity contribution in [2.24, 2.45) is 9.98 Å². The number of aliphatic imine (C=N–C) groups is 2. The molecule has 0 spiro atoms. The van der Waals surface area contributed by atoms with Gasteiger partial charge in [0, 0.05) is 16.8 Å². The van der Waals surface area contributed by atoms with Crippen molar-refractivity contribution in [2.75, 3.05) is 12.0 Å². The Labute approximate surface area is 179 Å². The predicted molar refractivity (Wildman–Crippen MR) is 124 cm³/mol. The Kier molecular flexibility index (Phi) is 5.77. The number of hydrogen-bond donors (Lipinski definition) is 0. The lowest BCUT2D eigenvalue weighted by molar-refractivity contribution is 0.415. The van der Waals surface area contributed by atoms with Crippen LogP contribution in [0.25, 0.3) is 0 Å². The zero-order valence-corrected chi connectivity index (χ0v) is 19.1. The Morgan fingerprint density at radius 3 is 2.07 bits per heavy atom. The van der Waals surface area contributed by atoms with E-state index in [1.54, 1.807) is 7.11 Å². The minimum Gasteiger partial charge on any atom is -0.497 e. The normalized spacial score (nSPS) is 20.1. The Morgan fingerprint density at radius 1 is 0.897 bits per heavy atom. The first kappa shape index (κ1) is 21.4. The Hall–Kier alpha value is -2.33. The average Bonchev–Trinajstić information content (AvgIpc) is 2.62. The molecular formula is C24H30ClN3O. The van der Waals surface area contributed by atoms with Crippen molar-refractivity contribution in [3.8, 4) is 5.75 Å². The van der Waals surface area contributed by atoms with Gasteiger partial charge in [-0.1, -0.05) is 29.8 Å². The molecule has 0 N–H and O–H groups in total. The number of anilines is 1. The smallest absolute Gasteiger partial charge is 0.153 e. The largest absolute Gasteiger partial charge is 0.497 e. The standard InChI is InChI=1S/C24H30ClN3O/c1-23(2,3)26-20-21(16-11-13-17(25)14-12-16)28(22(20)27-24(4,5)6)18-9-8-10-19(15-18)29-7/h8-15,21H,1-7H3. The molecule has 1 fully saturated rings. The van der Waals surface area contributed by atoms with Crippen molar-refractivity contribution in [1.29, 1.82) is 0 Å². The van der Waals surface area contributed by atoms with Gasteiger partial charge in [0.2, 0.25) is 0 Å². The second kappa shape index (κ2) is 7.83. The highest BCUT2D eigenvalue weighted by Gasteiger charge is 2.45. The molecule has 0 radical (unpaired) electrons. The van der Waals surface area contributed by atoms with Crippen LogP contribution in [-0.2, 0) is 0 Å². The van der Waals surface area contributed by atoms with Crippen LogP contribution in [0.1, 0.15) is 53.1 Å². The van der Waals surface area contributed by atoms with Crippen LogP contribution >= 0.6 is 11.6 Å². The number of rotatable bonds is 3. The van der Waals surface area contributed by atoms with Crippen LogP contribution in [0.3, 0.4) is 0 Å². The highest BCUT2D eigenvalue weighted by atomic mass is 35.5. The summed E-state index contributed by atoms with van der Waals surface area (Å²) in [5, 5.41) is 0.721. The number of ether oxygens (including phenoxy) is 1. The minimum atomic E-state index is -0.226. The van der Waals surface area contributed by atoms with E-state index < -0.39 is 0 Å². The number of nitrogens with zero attached hydrogens (tertiary/aromatic N) is 3. The van der Waals surface area contributed by atoms with Crippen molar-refractivity contribution in [3.63, 3.8) is 0 Å². The first-order valence-electron chi connectivity index (χ1n) is 9.87. The molecule has 1 saturated heterocycles. The summed E-state index contributed by atoms with van der Waals surface area (Å²) in [6, 6.07) is 16.0. The number of halogens is 1. The van der Waals surface area contributed by atoms with E-state index in [-0.39, 0.29) is 17.1 Å². The highest BCUT2D eigenvalue weighted by Crippen LogP contribution is 2.41. The van der Waals surface area contributed by atoms with E-state index in [2.05, 4.69) is 64.6 Å². The molecule has 2 aromatic rings. The quantitative estimate of drug-likeness (QED) is 0.590. The summed E-state index contributed by atoms with van der Waals surface area (Å²) in [7, 11) is 1.68. The Morgan fingerprint density at radius 2 is 1.52 bits per heavy atom. The summed E-state index contributed by atoms with van der Waals surface area (Å²) in [6.07, 6.45) is 0. The summed E-state index contributed by atoms with van der Waals surface area (Å²) in [5.74, 6) is 1.72. The topological polar surface area (TPSA) is 37.2 Å². The van der Waals surface area contributed by atoms with E-state index >= 15 is 0 Å². The van der Waals surface area contributed by atoms with Crippen molar-refractivity contribution >= 4 is 28.8 Å². The van der Waals surface area contributed by atoms with Crippen molar-refractivity contribution in [1.82, 2.24) is 0 Å². The molecule has 4 nitrogen and oxygen atoms in total. The first-order chi connectivity index (χ1) is 13.5. The fraction of sp³-hybridized carbons (Fsp3) is 0.417. The van der Waals surface area contributed by atoms with Crippen LogP contribution in [0.5, 0.6) is 5.75 Å². The SMILES string of the molecule is COc1cccc(N2C(=NC(C)(C)C)C(=NC(C)(C)C)C2c2ccc(Cl)cc2)c1. The second-order valence-corrected chi connectivity index (χ2v) is 9.74. The van der Waals surface area contributed by atoms with E-state index in [0.717, 1.165) is 33.6 Å². The van der Waals surface area contributed by atoms with Crippen LogP contribution in [0.2, 0.25) is 5.02 Å². The lowest BCUT2D eigenvalue weighted by atomic mass is 9.88. The third kappa shape index (κ3) is 4.99. The molecule has 0 aliphatic carbocycles. The van der Waals surface area contributed by atoms with Crippen LogP contribution in [0.15, 0.2) is 58.5 Å². The van der Waals surface area contributed by atoms with E-state index in [1.165, 1.54) is 0 Å². The van der Waals surface area contributed by atoms with Crippen LogP contribution in [0, 0.1) is 0 Å². The zero-order valence-electron chi connectivity index (χ0n) is 18.3. The Balaban J connectivity index is 2.20. The van der Waals surface area contributed by atoms with Gasteiger partial charge >= 0.3 is 0 Å². The molecule has 154 valence electrons. The van der Waals surface area contributed by atoms with Crippen molar-refractivity contribution in [3.05, 3.63) is 59.1 Å². The van der Waals surface area contributed by atoms with Crippen molar-refractivity contribution in [2.45, 2.75) is 58.7 Å². The van der Waals surface area contributed by atoms with E-state index in [0.29, 0.717) is 0 Å². The molecule has 0 bridgehead atoms. The summed E-state index contributed by atoms with van der Waals surface area (Å²) in [6.45, 7) is 12.7. The van der Waals surface area contributed by atoms with E-state index in [9.17, 15) is 0 Å². The summed E-state index contributed by atoms with van der Waals surface area (Å²) in [4.78, 5) is 12.3. The fourth-order valence-electron chi connectivity index (χ4n) is 3.31. The molecule has 3 rings (SSSR count). The van der Waals surface area contributed by atoms with Gasteiger partial charge in [-0.25, -0.2) is 0 Å². The molecule has 0 amide bonds. The maximum atomic E-state index is 6.15. The van der Waals surface area contributed by atoms with Crippen LogP contribution in [0.4, 0.5) is 5.69 Å². The number of methoxy groups -OCH3 is 1. The van der Waals surface area contributed by atoms with Gasteiger partial charge in [0.15, 0.2) is 5.84 Å². The maximum absolute atomic E-state index is 6.15. The number of benzene rings is 2. The third-order valence-corrected chi connectivity index (χ3v) is 4.64. The van der Waals surface area contributed by atoms with E-state index in [4.69, 9.17) is 26.3 Å². The molecule has 1 atom stereocenters. The van der Waals surface area contributed by atoms with Gasteiger partial charge in [0.1, 0.15) is 17.5 Å². The maximum Gasteiger partial charge on any atom is 0.153 e. The average molecular weight is 412 g/mol. The highest BCUT2D eigenvalue weighted by molar-refractivity contribution is 6.56. The van der Waals surface area contributed by atoms with Gasteiger partial charge < -0.3 is 9.64 Å². The summed E-state index contributed by atoms with van der Waals surface area (Å²) in [5.41, 5.74) is 2.72. The molecule has 2 aromatic carbocycles. The number of amidine groups is 1. The molecule has 0 aromatic heterocycles. The summed E-state index contributed by atoms with van der Waals surface area (Å²) >= 11 is 6.15. The van der Waals surface area contributed by atoms with Gasteiger partial charge in [-0.3, -0.25) is 9.98 Å². The lowest BCUT2D eigenvalue weighted by Gasteiger charge is -2.47. The first-order valence-corrected chi connectivity index (χ1v) is 10.2. The fourth-order valence-corrected chi connectivity index (χ4v) is 3.44.